The van der Waals surface area contributed by atoms with Gasteiger partial charge in [0.15, 0.2) is 0 Å². The molecule has 2 rings (SSSR count). The number of imidazole rings is 1. The summed E-state index contributed by atoms with van der Waals surface area (Å²) in [5, 5.41) is 0.715. The number of nitrogens with two attached hydrogens (primary N) is 1. The van der Waals surface area contributed by atoms with Gasteiger partial charge in [0.25, 0.3) is 0 Å². The van der Waals surface area contributed by atoms with Gasteiger partial charge in [0, 0.05) is 16.6 Å². The van der Waals surface area contributed by atoms with E-state index in [4.69, 9.17) is 17.3 Å². The summed E-state index contributed by atoms with van der Waals surface area (Å²) in [7, 11) is 0. The van der Waals surface area contributed by atoms with E-state index in [1.54, 1.807) is 0 Å². The number of aromatic nitrogens is 2. The van der Waals surface area contributed by atoms with Crippen LogP contribution in [0.4, 0.5) is 5.82 Å². The van der Waals surface area contributed by atoms with Gasteiger partial charge in [-0.3, -0.25) is 0 Å². The highest BCUT2D eigenvalue weighted by atomic mass is 35.5. The first-order valence-electron chi connectivity index (χ1n) is 5.61. The molecule has 17 heavy (non-hydrogen) atoms. The summed E-state index contributed by atoms with van der Waals surface area (Å²) in [4.78, 5) is 4.53. The number of benzene rings is 1. The van der Waals surface area contributed by atoms with E-state index in [1.807, 2.05) is 35.8 Å². The van der Waals surface area contributed by atoms with Crippen LogP contribution in [0, 0.1) is 6.92 Å². The van der Waals surface area contributed by atoms with Crippen molar-refractivity contribution in [2.24, 2.45) is 0 Å². The van der Waals surface area contributed by atoms with Crippen molar-refractivity contribution in [2.75, 3.05) is 5.73 Å². The highest BCUT2D eigenvalue weighted by molar-refractivity contribution is 6.30. The van der Waals surface area contributed by atoms with Crippen LogP contribution in [0.3, 0.4) is 0 Å². The van der Waals surface area contributed by atoms with Crippen LogP contribution in [0.5, 0.6) is 0 Å². The molecule has 4 heteroatoms. The Bertz CT molecular complexity index is 526. The number of hydrogen-bond donors (Lipinski definition) is 1. The van der Waals surface area contributed by atoms with Gasteiger partial charge in [-0.1, -0.05) is 23.7 Å². The van der Waals surface area contributed by atoms with Gasteiger partial charge in [0.1, 0.15) is 17.3 Å². The van der Waals surface area contributed by atoms with Gasteiger partial charge in [-0.05, 0) is 32.9 Å². The molecule has 0 aliphatic rings. The number of hydrogen-bond acceptors (Lipinski definition) is 2. The standard InChI is InChI=1S/C13H16ClN3/c1-8(2)17-9(3)16-12(13(17)15)10-4-6-11(14)7-5-10/h4-8H,15H2,1-3H3. The Morgan fingerprint density at radius 2 is 1.82 bits per heavy atom. The van der Waals surface area contributed by atoms with Gasteiger partial charge in [0.05, 0.1) is 0 Å². The van der Waals surface area contributed by atoms with Gasteiger partial charge >= 0.3 is 0 Å². The maximum absolute atomic E-state index is 6.14. The first-order valence-corrected chi connectivity index (χ1v) is 5.98. The molecule has 0 saturated carbocycles. The van der Waals surface area contributed by atoms with E-state index in [-0.39, 0.29) is 0 Å². The summed E-state index contributed by atoms with van der Waals surface area (Å²) >= 11 is 5.87. The third-order valence-electron chi connectivity index (χ3n) is 2.76. The number of rotatable bonds is 2. The fraction of sp³-hybridized carbons (Fsp3) is 0.308. The maximum Gasteiger partial charge on any atom is 0.131 e. The summed E-state index contributed by atoms with van der Waals surface area (Å²) in [6, 6.07) is 7.87. The minimum absolute atomic E-state index is 0.309. The lowest BCUT2D eigenvalue weighted by Gasteiger charge is -2.11. The third-order valence-corrected chi connectivity index (χ3v) is 3.01. The molecule has 0 bridgehead atoms. The molecular formula is C13H16ClN3. The Morgan fingerprint density at radius 3 is 2.29 bits per heavy atom. The van der Waals surface area contributed by atoms with Gasteiger partial charge in [-0.2, -0.15) is 0 Å². The molecule has 3 nitrogen and oxygen atoms in total. The van der Waals surface area contributed by atoms with Crippen molar-refractivity contribution in [3.05, 3.63) is 35.1 Å². The Balaban J connectivity index is 2.53. The van der Waals surface area contributed by atoms with Crippen molar-refractivity contribution in [3.63, 3.8) is 0 Å². The van der Waals surface area contributed by atoms with Crippen molar-refractivity contribution in [2.45, 2.75) is 26.8 Å². The van der Waals surface area contributed by atoms with Crippen molar-refractivity contribution >= 4 is 17.4 Å². The Hall–Kier alpha value is -1.48. The lowest BCUT2D eigenvalue weighted by Crippen LogP contribution is -2.07. The van der Waals surface area contributed by atoms with E-state index in [0.717, 1.165) is 17.1 Å². The van der Waals surface area contributed by atoms with Gasteiger partial charge < -0.3 is 10.3 Å². The van der Waals surface area contributed by atoms with Crippen molar-refractivity contribution in [3.8, 4) is 11.3 Å². The molecule has 0 saturated heterocycles. The molecule has 1 aromatic carbocycles. The molecule has 0 amide bonds. The minimum atomic E-state index is 0.309. The van der Waals surface area contributed by atoms with Crippen molar-refractivity contribution in [1.29, 1.82) is 0 Å². The van der Waals surface area contributed by atoms with E-state index in [1.165, 1.54) is 0 Å². The zero-order valence-electron chi connectivity index (χ0n) is 10.2. The molecule has 0 aliphatic heterocycles. The second kappa shape index (κ2) is 4.41. The van der Waals surface area contributed by atoms with Crippen molar-refractivity contribution < 1.29 is 0 Å². The van der Waals surface area contributed by atoms with Crippen LogP contribution in [0.1, 0.15) is 25.7 Å². The average molecular weight is 250 g/mol. The summed E-state index contributed by atoms with van der Waals surface area (Å²) in [6.45, 7) is 6.16. The van der Waals surface area contributed by atoms with E-state index < -0.39 is 0 Å². The van der Waals surface area contributed by atoms with Crippen molar-refractivity contribution in [1.82, 2.24) is 9.55 Å². The Kier molecular flexibility index (Phi) is 3.11. The van der Waals surface area contributed by atoms with E-state index in [0.29, 0.717) is 16.9 Å². The molecule has 0 spiro atoms. The highest BCUT2D eigenvalue weighted by Gasteiger charge is 2.15. The number of nitrogens with zero attached hydrogens (tertiary/aromatic N) is 2. The zero-order valence-corrected chi connectivity index (χ0v) is 11.0. The lowest BCUT2D eigenvalue weighted by molar-refractivity contribution is 0.590. The molecule has 1 aromatic heterocycles. The number of halogens is 1. The summed E-state index contributed by atoms with van der Waals surface area (Å²) in [5.74, 6) is 1.64. The van der Waals surface area contributed by atoms with E-state index in [9.17, 15) is 0 Å². The third kappa shape index (κ3) is 2.15. The predicted octanol–water partition coefficient (Wildman–Crippen LogP) is 3.68. The van der Waals surface area contributed by atoms with Crippen LogP contribution >= 0.6 is 11.6 Å². The summed E-state index contributed by atoms with van der Waals surface area (Å²) in [5.41, 5.74) is 7.96. The molecule has 90 valence electrons. The van der Waals surface area contributed by atoms with Crippen LogP contribution in [-0.4, -0.2) is 9.55 Å². The second-order valence-corrected chi connectivity index (χ2v) is 4.80. The zero-order chi connectivity index (χ0) is 12.6. The maximum atomic E-state index is 6.14. The number of aryl methyl sites for hydroxylation is 1. The normalized spacial score (nSPS) is 11.1. The van der Waals surface area contributed by atoms with Crippen LogP contribution in [-0.2, 0) is 0 Å². The average Bonchev–Trinajstić information content (AvgIpc) is 2.55. The van der Waals surface area contributed by atoms with Gasteiger partial charge in [-0.15, -0.1) is 0 Å². The van der Waals surface area contributed by atoms with E-state index in [2.05, 4.69) is 18.8 Å². The van der Waals surface area contributed by atoms with Gasteiger partial charge in [-0.25, -0.2) is 4.98 Å². The lowest BCUT2D eigenvalue weighted by atomic mass is 10.1. The van der Waals surface area contributed by atoms with Crippen LogP contribution in [0.2, 0.25) is 5.02 Å². The molecule has 0 unspecified atom stereocenters. The van der Waals surface area contributed by atoms with Crippen LogP contribution in [0.15, 0.2) is 24.3 Å². The molecule has 2 N–H and O–H groups in total. The molecule has 0 aliphatic carbocycles. The summed E-state index contributed by atoms with van der Waals surface area (Å²) in [6.07, 6.45) is 0. The van der Waals surface area contributed by atoms with E-state index >= 15 is 0 Å². The van der Waals surface area contributed by atoms with Gasteiger partial charge in [0.2, 0.25) is 0 Å². The SMILES string of the molecule is Cc1nc(-c2ccc(Cl)cc2)c(N)n1C(C)C. The molecule has 0 atom stereocenters. The molecule has 0 fully saturated rings. The quantitative estimate of drug-likeness (QED) is 0.883. The predicted molar refractivity (Wildman–Crippen MR) is 72.2 cm³/mol. The number of anilines is 1. The first kappa shape index (κ1) is 12.0. The fourth-order valence-electron chi connectivity index (χ4n) is 2.03. The molecule has 0 radical (unpaired) electrons. The highest BCUT2D eigenvalue weighted by Crippen LogP contribution is 2.29. The Labute approximate surface area is 106 Å². The minimum Gasteiger partial charge on any atom is -0.383 e. The summed E-state index contributed by atoms with van der Waals surface area (Å²) < 4.78 is 2.03. The van der Waals surface area contributed by atoms with Crippen LogP contribution in [0.25, 0.3) is 11.3 Å². The monoisotopic (exact) mass is 249 g/mol. The number of nitrogen functional groups attached to an aromatic ring is 1. The topological polar surface area (TPSA) is 43.8 Å². The second-order valence-electron chi connectivity index (χ2n) is 4.36. The Morgan fingerprint density at radius 1 is 1.24 bits per heavy atom. The first-order chi connectivity index (χ1) is 8.00. The molecular weight excluding hydrogens is 234 g/mol. The van der Waals surface area contributed by atoms with Crippen LogP contribution < -0.4 is 5.73 Å². The fourth-order valence-corrected chi connectivity index (χ4v) is 2.16. The largest absolute Gasteiger partial charge is 0.383 e. The molecule has 2 aromatic rings. The molecule has 1 heterocycles. The smallest absolute Gasteiger partial charge is 0.131 e.